The summed E-state index contributed by atoms with van der Waals surface area (Å²) in [5, 5.41) is 0. The van der Waals surface area contributed by atoms with Crippen molar-refractivity contribution in [3.8, 4) is 0 Å². The summed E-state index contributed by atoms with van der Waals surface area (Å²) in [5.41, 5.74) is 2.48. The van der Waals surface area contributed by atoms with E-state index in [0.717, 1.165) is 23.8 Å². The molecule has 0 aromatic heterocycles. The fourth-order valence-corrected chi connectivity index (χ4v) is 4.27. The molecule has 1 saturated carbocycles. The number of benzene rings is 1. The van der Waals surface area contributed by atoms with E-state index >= 15 is 0 Å². The standard InChI is InChI=1S/C17H20N2O2/c1-18-15-10-12(6-7-13(15)16(20)17(18)21)19-9-8-11-4-2-3-5-14(11)19/h6-7,10-11,14H,2-5,8-9H2,1H3. The first kappa shape index (κ1) is 12.9. The molecule has 0 spiro atoms. The zero-order valence-electron chi connectivity index (χ0n) is 12.3. The molecule has 2 unspecified atom stereocenters. The smallest absolute Gasteiger partial charge is 0.299 e. The Hall–Kier alpha value is -1.84. The lowest BCUT2D eigenvalue weighted by Crippen LogP contribution is -2.34. The lowest BCUT2D eigenvalue weighted by atomic mass is 9.85. The minimum atomic E-state index is -0.417. The molecule has 3 aliphatic rings. The minimum Gasteiger partial charge on any atom is -0.368 e. The molecule has 1 aromatic rings. The van der Waals surface area contributed by atoms with Crippen molar-refractivity contribution < 1.29 is 9.59 Å². The predicted octanol–water partition coefficient (Wildman–Crippen LogP) is 2.61. The maximum atomic E-state index is 11.9. The van der Waals surface area contributed by atoms with Gasteiger partial charge in [0.15, 0.2) is 0 Å². The molecule has 0 radical (unpaired) electrons. The Labute approximate surface area is 124 Å². The topological polar surface area (TPSA) is 40.6 Å². The van der Waals surface area contributed by atoms with E-state index in [0.29, 0.717) is 11.6 Å². The lowest BCUT2D eigenvalue weighted by molar-refractivity contribution is -0.114. The molecule has 4 heteroatoms. The average Bonchev–Trinajstić information content (AvgIpc) is 3.04. The molecule has 1 saturated heterocycles. The third-order valence-electron chi connectivity index (χ3n) is 5.43. The van der Waals surface area contributed by atoms with Crippen LogP contribution in [0.4, 0.5) is 11.4 Å². The van der Waals surface area contributed by atoms with Gasteiger partial charge in [-0.1, -0.05) is 12.8 Å². The third kappa shape index (κ3) is 1.81. The lowest BCUT2D eigenvalue weighted by Gasteiger charge is -2.33. The van der Waals surface area contributed by atoms with Crippen molar-refractivity contribution in [3.63, 3.8) is 0 Å². The van der Waals surface area contributed by atoms with Gasteiger partial charge in [-0.05, 0) is 43.4 Å². The fourth-order valence-electron chi connectivity index (χ4n) is 4.27. The molecule has 0 N–H and O–H groups in total. The number of anilines is 2. The van der Waals surface area contributed by atoms with Gasteiger partial charge in [0.05, 0.1) is 11.3 Å². The molecule has 0 bridgehead atoms. The van der Waals surface area contributed by atoms with Crippen LogP contribution in [0.1, 0.15) is 42.5 Å². The van der Waals surface area contributed by atoms with Gasteiger partial charge in [0.1, 0.15) is 0 Å². The van der Waals surface area contributed by atoms with E-state index in [1.54, 1.807) is 7.05 Å². The van der Waals surface area contributed by atoms with E-state index in [1.165, 1.54) is 37.0 Å². The highest BCUT2D eigenvalue weighted by molar-refractivity contribution is 6.52. The largest absolute Gasteiger partial charge is 0.368 e. The van der Waals surface area contributed by atoms with Crippen molar-refractivity contribution in [2.45, 2.75) is 38.1 Å². The van der Waals surface area contributed by atoms with E-state index in [9.17, 15) is 9.59 Å². The van der Waals surface area contributed by atoms with Gasteiger partial charge in [-0.3, -0.25) is 9.59 Å². The highest BCUT2D eigenvalue weighted by Gasteiger charge is 2.38. The number of carbonyl (C=O) groups is 2. The van der Waals surface area contributed by atoms with Crippen LogP contribution in [0.25, 0.3) is 0 Å². The number of hydrogen-bond donors (Lipinski definition) is 0. The number of carbonyl (C=O) groups excluding carboxylic acids is 2. The van der Waals surface area contributed by atoms with E-state index in [1.807, 2.05) is 18.2 Å². The van der Waals surface area contributed by atoms with Gasteiger partial charge in [0.2, 0.25) is 0 Å². The number of Topliss-reactive ketones (excluding diaryl/α,β-unsaturated/α-hetero) is 1. The zero-order chi connectivity index (χ0) is 14.6. The maximum Gasteiger partial charge on any atom is 0.299 e. The van der Waals surface area contributed by atoms with Gasteiger partial charge < -0.3 is 9.80 Å². The SMILES string of the molecule is CN1C(=O)C(=O)c2ccc(N3CCC4CCCCC43)cc21. The molecular formula is C17H20N2O2. The quantitative estimate of drug-likeness (QED) is 0.744. The van der Waals surface area contributed by atoms with Crippen LogP contribution in [-0.2, 0) is 4.79 Å². The van der Waals surface area contributed by atoms with E-state index < -0.39 is 5.91 Å². The van der Waals surface area contributed by atoms with Crippen LogP contribution in [0.5, 0.6) is 0 Å². The number of likely N-dealkylation sites (N-methyl/N-ethyl adjacent to an activating group) is 1. The molecule has 2 aliphatic heterocycles. The fraction of sp³-hybridized carbons (Fsp3) is 0.529. The molecule has 4 nitrogen and oxygen atoms in total. The van der Waals surface area contributed by atoms with Crippen LogP contribution < -0.4 is 9.80 Å². The summed E-state index contributed by atoms with van der Waals surface area (Å²) in [7, 11) is 1.68. The molecule has 21 heavy (non-hydrogen) atoms. The van der Waals surface area contributed by atoms with Gasteiger partial charge in [-0.25, -0.2) is 0 Å². The van der Waals surface area contributed by atoms with Crippen LogP contribution in [0.3, 0.4) is 0 Å². The number of ketones is 1. The summed E-state index contributed by atoms with van der Waals surface area (Å²) in [6, 6.07) is 6.51. The van der Waals surface area contributed by atoms with Crippen molar-refractivity contribution >= 4 is 23.1 Å². The van der Waals surface area contributed by atoms with Crippen LogP contribution in [0, 0.1) is 5.92 Å². The normalized spacial score (nSPS) is 28.0. The molecule has 2 fully saturated rings. The van der Waals surface area contributed by atoms with Crippen LogP contribution in [0.2, 0.25) is 0 Å². The number of hydrogen-bond acceptors (Lipinski definition) is 3. The van der Waals surface area contributed by atoms with Crippen molar-refractivity contribution in [1.29, 1.82) is 0 Å². The predicted molar refractivity (Wildman–Crippen MR) is 81.9 cm³/mol. The molecular weight excluding hydrogens is 264 g/mol. The molecule has 2 heterocycles. The second-order valence-corrected chi connectivity index (χ2v) is 6.49. The Morgan fingerprint density at radius 3 is 2.76 bits per heavy atom. The van der Waals surface area contributed by atoms with Crippen molar-refractivity contribution in [2.24, 2.45) is 5.92 Å². The molecule has 1 amide bonds. The molecule has 4 rings (SSSR count). The zero-order valence-corrected chi connectivity index (χ0v) is 12.3. The summed E-state index contributed by atoms with van der Waals surface area (Å²) in [6.07, 6.45) is 6.58. The first-order valence-corrected chi connectivity index (χ1v) is 7.90. The Bertz CT molecular complexity index is 625. The van der Waals surface area contributed by atoms with Crippen LogP contribution >= 0.6 is 0 Å². The van der Waals surface area contributed by atoms with E-state index in [4.69, 9.17) is 0 Å². The van der Waals surface area contributed by atoms with E-state index in [-0.39, 0.29) is 5.78 Å². The highest BCUT2D eigenvalue weighted by Crippen LogP contribution is 2.40. The monoisotopic (exact) mass is 284 g/mol. The first-order valence-electron chi connectivity index (χ1n) is 7.90. The van der Waals surface area contributed by atoms with Gasteiger partial charge in [-0.15, -0.1) is 0 Å². The number of amides is 1. The molecule has 2 atom stereocenters. The van der Waals surface area contributed by atoms with Gasteiger partial charge >= 0.3 is 0 Å². The second kappa shape index (κ2) is 4.58. The summed E-state index contributed by atoms with van der Waals surface area (Å²) in [5.74, 6) is 0.0307. The summed E-state index contributed by atoms with van der Waals surface area (Å²) in [4.78, 5) is 27.6. The Balaban J connectivity index is 1.69. The summed E-state index contributed by atoms with van der Waals surface area (Å²) in [6.45, 7) is 1.10. The van der Waals surface area contributed by atoms with Crippen LogP contribution in [0.15, 0.2) is 18.2 Å². The van der Waals surface area contributed by atoms with Gasteiger partial charge in [0, 0.05) is 25.3 Å². The van der Waals surface area contributed by atoms with Crippen molar-refractivity contribution in [3.05, 3.63) is 23.8 Å². The molecule has 110 valence electrons. The molecule has 1 aromatic carbocycles. The second-order valence-electron chi connectivity index (χ2n) is 6.49. The number of nitrogens with zero attached hydrogens (tertiary/aromatic N) is 2. The van der Waals surface area contributed by atoms with Gasteiger partial charge in [0.25, 0.3) is 11.7 Å². The Kier molecular flexibility index (Phi) is 2.81. The molecule has 1 aliphatic carbocycles. The van der Waals surface area contributed by atoms with Crippen molar-refractivity contribution in [1.82, 2.24) is 0 Å². The summed E-state index contributed by atoms with van der Waals surface area (Å²) < 4.78 is 0. The number of rotatable bonds is 1. The van der Waals surface area contributed by atoms with Gasteiger partial charge in [-0.2, -0.15) is 0 Å². The highest BCUT2D eigenvalue weighted by atomic mass is 16.2. The average molecular weight is 284 g/mol. The Morgan fingerprint density at radius 1 is 1.10 bits per heavy atom. The third-order valence-corrected chi connectivity index (χ3v) is 5.43. The van der Waals surface area contributed by atoms with Crippen LogP contribution in [-0.4, -0.2) is 31.3 Å². The first-order chi connectivity index (χ1) is 10.2. The van der Waals surface area contributed by atoms with E-state index in [2.05, 4.69) is 4.90 Å². The maximum absolute atomic E-state index is 11.9. The number of fused-ring (bicyclic) bond motifs is 2. The minimum absolute atomic E-state index is 0.379. The van der Waals surface area contributed by atoms with Crippen molar-refractivity contribution in [2.75, 3.05) is 23.4 Å². The summed E-state index contributed by atoms with van der Waals surface area (Å²) >= 11 is 0. The Morgan fingerprint density at radius 2 is 1.90 bits per heavy atom.